The fraction of sp³-hybridized carbons (Fsp3) is 0.0588. The molecule has 0 spiro atoms. The monoisotopic (exact) mass is 361 g/mol. The Morgan fingerprint density at radius 1 is 1.12 bits per heavy atom. The number of aromatic nitrogens is 1. The van der Waals surface area contributed by atoms with Crippen molar-refractivity contribution in [3.05, 3.63) is 70.7 Å². The molecule has 0 atom stereocenters. The minimum atomic E-state index is -0.350. The van der Waals surface area contributed by atoms with E-state index in [1.807, 2.05) is 18.2 Å². The van der Waals surface area contributed by atoms with E-state index < -0.39 is 0 Å². The number of halogens is 2. The lowest BCUT2D eigenvalue weighted by atomic mass is 10.1. The molecule has 0 radical (unpaired) electrons. The highest BCUT2D eigenvalue weighted by atomic mass is 35.5. The third-order valence-corrected chi connectivity index (χ3v) is 3.97. The average molecular weight is 362 g/mol. The van der Waals surface area contributed by atoms with Gasteiger partial charge in [0.25, 0.3) is 0 Å². The lowest BCUT2D eigenvalue weighted by Gasteiger charge is -2.09. The van der Waals surface area contributed by atoms with Gasteiger partial charge in [-0.1, -0.05) is 23.2 Å². The van der Waals surface area contributed by atoms with Crippen LogP contribution in [0, 0.1) is 0 Å². The van der Waals surface area contributed by atoms with E-state index in [2.05, 4.69) is 15.6 Å². The van der Waals surface area contributed by atoms with Crippen LogP contribution in [0.2, 0.25) is 10.0 Å². The molecule has 3 aromatic rings. The van der Waals surface area contributed by atoms with Gasteiger partial charge in [-0.25, -0.2) is 4.79 Å². The molecule has 122 valence electrons. The molecule has 0 aliphatic heterocycles. The molecule has 0 unspecified atom stereocenters. The van der Waals surface area contributed by atoms with E-state index in [9.17, 15) is 4.79 Å². The van der Waals surface area contributed by atoms with Gasteiger partial charge in [0.15, 0.2) is 0 Å². The van der Waals surface area contributed by atoms with E-state index in [4.69, 9.17) is 27.6 Å². The van der Waals surface area contributed by atoms with Crippen LogP contribution in [-0.2, 0) is 6.54 Å². The molecule has 0 aliphatic carbocycles. The van der Waals surface area contributed by atoms with Gasteiger partial charge in [-0.15, -0.1) is 0 Å². The molecule has 0 aliphatic rings. The van der Waals surface area contributed by atoms with E-state index in [0.29, 0.717) is 22.3 Å². The topological polar surface area (TPSA) is 67.2 Å². The molecule has 3 rings (SSSR count). The zero-order valence-electron chi connectivity index (χ0n) is 12.4. The molecule has 0 saturated heterocycles. The number of rotatable bonds is 4. The number of hydrogen-bond donors (Lipinski definition) is 2. The minimum absolute atomic E-state index is 0.328. The van der Waals surface area contributed by atoms with Crippen molar-refractivity contribution in [1.29, 1.82) is 0 Å². The highest BCUT2D eigenvalue weighted by molar-refractivity contribution is 6.42. The van der Waals surface area contributed by atoms with Gasteiger partial charge < -0.3 is 15.1 Å². The molecule has 2 aromatic heterocycles. The number of furan rings is 1. The third-order valence-electron chi connectivity index (χ3n) is 3.23. The summed E-state index contributed by atoms with van der Waals surface area (Å²) in [7, 11) is 0. The van der Waals surface area contributed by atoms with Crippen molar-refractivity contribution in [3.8, 4) is 11.3 Å². The Kier molecular flexibility index (Phi) is 5.03. The molecular formula is C17H13Cl2N3O2. The molecule has 0 fully saturated rings. The SMILES string of the molecule is O=C(NCc1cncc(-c2ccco2)c1)Nc1ccc(Cl)c(Cl)c1. The van der Waals surface area contributed by atoms with Gasteiger partial charge in [-0.2, -0.15) is 0 Å². The second-order valence-electron chi connectivity index (χ2n) is 5.00. The van der Waals surface area contributed by atoms with Gasteiger partial charge in [0.1, 0.15) is 5.76 Å². The summed E-state index contributed by atoms with van der Waals surface area (Å²) in [6, 6.07) is 10.1. The van der Waals surface area contributed by atoms with Crippen molar-refractivity contribution in [2.45, 2.75) is 6.54 Å². The van der Waals surface area contributed by atoms with Crippen molar-refractivity contribution in [1.82, 2.24) is 10.3 Å². The van der Waals surface area contributed by atoms with Crippen LogP contribution in [0.25, 0.3) is 11.3 Å². The quantitative estimate of drug-likeness (QED) is 0.689. The largest absolute Gasteiger partial charge is 0.464 e. The zero-order valence-corrected chi connectivity index (χ0v) is 13.9. The summed E-state index contributed by atoms with van der Waals surface area (Å²) in [5, 5.41) is 6.26. The van der Waals surface area contributed by atoms with Gasteiger partial charge in [0.05, 0.1) is 16.3 Å². The predicted octanol–water partition coefficient (Wildman–Crippen LogP) is 4.97. The Morgan fingerprint density at radius 2 is 2.00 bits per heavy atom. The lowest BCUT2D eigenvalue weighted by Crippen LogP contribution is -2.28. The van der Waals surface area contributed by atoms with Crippen LogP contribution in [0.3, 0.4) is 0 Å². The Bertz CT molecular complexity index is 851. The molecule has 2 heterocycles. The maximum Gasteiger partial charge on any atom is 0.319 e. The van der Waals surface area contributed by atoms with Crippen LogP contribution in [0.5, 0.6) is 0 Å². The van der Waals surface area contributed by atoms with Gasteiger partial charge in [0.2, 0.25) is 0 Å². The van der Waals surface area contributed by atoms with Crippen LogP contribution in [0.1, 0.15) is 5.56 Å². The standard InChI is InChI=1S/C17H13Cl2N3O2/c18-14-4-3-13(7-15(14)19)22-17(23)21-9-11-6-12(10-20-8-11)16-2-1-5-24-16/h1-8,10H,9H2,(H2,21,22,23). The average Bonchev–Trinajstić information content (AvgIpc) is 3.11. The van der Waals surface area contributed by atoms with Crippen LogP contribution in [0.4, 0.5) is 10.5 Å². The molecule has 7 heteroatoms. The number of nitrogens with one attached hydrogen (secondary N) is 2. The summed E-state index contributed by atoms with van der Waals surface area (Å²) < 4.78 is 5.34. The van der Waals surface area contributed by atoms with Crippen molar-refractivity contribution in [2.24, 2.45) is 0 Å². The number of anilines is 1. The number of urea groups is 1. The summed E-state index contributed by atoms with van der Waals surface area (Å²) in [6.45, 7) is 0.328. The predicted molar refractivity (Wildman–Crippen MR) is 94.3 cm³/mol. The first-order valence-corrected chi connectivity index (χ1v) is 7.85. The zero-order chi connectivity index (χ0) is 16.9. The highest BCUT2D eigenvalue weighted by Gasteiger charge is 2.06. The molecule has 2 amide bonds. The number of carbonyl (C=O) groups excluding carboxylic acids is 1. The summed E-state index contributed by atoms with van der Waals surface area (Å²) >= 11 is 11.8. The minimum Gasteiger partial charge on any atom is -0.464 e. The molecule has 0 saturated carbocycles. The van der Waals surface area contributed by atoms with Crippen molar-refractivity contribution in [3.63, 3.8) is 0 Å². The first kappa shape index (κ1) is 16.4. The fourth-order valence-corrected chi connectivity index (χ4v) is 2.39. The Hall–Kier alpha value is -2.50. The summed E-state index contributed by atoms with van der Waals surface area (Å²) in [4.78, 5) is 16.1. The Balaban J connectivity index is 1.60. The van der Waals surface area contributed by atoms with E-state index in [-0.39, 0.29) is 6.03 Å². The maximum atomic E-state index is 12.0. The van der Waals surface area contributed by atoms with E-state index in [0.717, 1.165) is 16.9 Å². The maximum absolute atomic E-state index is 12.0. The third kappa shape index (κ3) is 4.07. The number of benzene rings is 1. The number of nitrogens with zero attached hydrogens (tertiary/aromatic N) is 1. The van der Waals surface area contributed by atoms with E-state index in [1.165, 1.54) is 0 Å². The first-order chi connectivity index (χ1) is 11.6. The summed E-state index contributed by atoms with van der Waals surface area (Å²) in [5.41, 5.74) is 2.27. The highest BCUT2D eigenvalue weighted by Crippen LogP contribution is 2.25. The van der Waals surface area contributed by atoms with Crippen LogP contribution in [0.15, 0.2) is 59.5 Å². The molecule has 5 nitrogen and oxygen atoms in total. The van der Waals surface area contributed by atoms with Gasteiger partial charge in [-0.3, -0.25) is 4.98 Å². The van der Waals surface area contributed by atoms with Gasteiger partial charge in [-0.05, 0) is 42.0 Å². The second kappa shape index (κ2) is 7.38. The van der Waals surface area contributed by atoms with Gasteiger partial charge >= 0.3 is 6.03 Å². The summed E-state index contributed by atoms with van der Waals surface area (Å²) in [6.07, 6.45) is 4.99. The normalized spacial score (nSPS) is 10.4. The summed E-state index contributed by atoms with van der Waals surface area (Å²) in [5.74, 6) is 0.726. The molecule has 0 bridgehead atoms. The van der Waals surface area contributed by atoms with Gasteiger partial charge in [0, 0.05) is 30.2 Å². The van der Waals surface area contributed by atoms with Crippen molar-refractivity contribution < 1.29 is 9.21 Å². The second-order valence-corrected chi connectivity index (χ2v) is 5.81. The fourth-order valence-electron chi connectivity index (χ4n) is 2.09. The van der Waals surface area contributed by atoms with Crippen LogP contribution in [-0.4, -0.2) is 11.0 Å². The van der Waals surface area contributed by atoms with Crippen LogP contribution < -0.4 is 10.6 Å². The molecular weight excluding hydrogens is 349 g/mol. The first-order valence-electron chi connectivity index (χ1n) is 7.09. The number of amides is 2. The van der Waals surface area contributed by atoms with Crippen molar-refractivity contribution >= 4 is 34.9 Å². The number of hydrogen-bond acceptors (Lipinski definition) is 3. The molecule has 1 aromatic carbocycles. The van der Waals surface area contributed by atoms with E-state index in [1.54, 1.807) is 36.9 Å². The molecule has 24 heavy (non-hydrogen) atoms. The number of pyridine rings is 1. The Morgan fingerprint density at radius 3 is 2.75 bits per heavy atom. The lowest BCUT2D eigenvalue weighted by molar-refractivity contribution is 0.251. The van der Waals surface area contributed by atoms with Crippen LogP contribution >= 0.6 is 23.2 Å². The number of carbonyl (C=O) groups is 1. The van der Waals surface area contributed by atoms with Crippen molar-refractivity contribution in [2.75, 3.05) is 5.32 Å². The Labute approximate surface area is 148 Å². The smallest absolute Gasteiger partial charge is 0.319 e. The molecule has 2 N–H and O–H groups in total. The van der Waals surface area contributed by atoms with E-state index >= 15 is 0 Å².